The smallest absolute Gasteiger partial charge is 0.199 e. The average molecular weight is 154 g/mol. The quantitative estimate of drug-likeness (QED) is 0.489. The first-order valence-corrected chi connectivity index (χ1v) is 3.56. The van der Waals surface area contributed by atoms with Gasteiger partial charge in [-0.25, -0.2) is 4.39 Å². The molecule has 1 saturated carbocycles. The van der Waals surface area contributed by atoms with Crippen molar-refractivity contribution in [2.75, 3.05) is 0 Å². The molecule has 0 N–H and O–H groups in total. The van der Waals surface area contributed by atoms with Crippen LogP contribution in [0.25, 0.3) is 0 Å². The molecule has 0 bridgehead atoms. The normalized spacial score (nSPS) is 32.7. The zero-order valence-corrected chi connectivity index (χ0v) is 6.61. The molecule has 1 aliphatic rings. The van der Waals surface area contributed by atoms with Crippen molar-refractivity contribution in [2.24, 2.45) is 0 Å². The number of carbonyl (C=O) groups excluding carboxylic acids is 1. The van der Waals surface area contributed by atoms with Gasteiger partial charge in [0.2, 0.25) is 0 Å². The van der Waals surface area contributed by atoms with Gasteiger partial charge in [-0.2, -0.15) is 0 Å². The summed E-state index contributed by atoms with van der Waals surface area (Å²) in [6, 6.07) is 0. The molecule has 1 fully saturated rings. The van der Waals surface area contributed by atoms with E-state index in [0.717, 1.165) is 0 Å². The minimum atomic E-state index is -1.71. The highest BCUT2D eigenvalue weighted by Crippen LogP contribution is 2.33. The molecule has 0 aliphatic heterocycles. The number of ketones is 1. The van der Waals surface area contributed by atoms with Crippen LogP contribution >= 0.6 is 0 Å². The van der Waals surface area contributed by atoms with E-state index in [-0.39, 0.29) is 12.0 Å². The van der Waals surface area contributed by atoms with E-state index in [1.54, 1.807) is 0 Å². The van der Waals surface area contributed by atoms with Crippen molar-refractivity contribution in [3.05, 3.63) is 24.3 Å². The van der Waals surface area contributed by atoms with Gasteiger partial charge in [0.25, 0.3) is 0 Å². The fourth-order valence-electron chi connectivity index (χ4n) is 1.13. The van der Waals surface area contributed by atoms with Crippen molar-refractivity contribution in [3.63, 3.8) is 0 Å². The fraction of sp³-hybridized carbons (Fsp3) is 0.444. The summed E-state index contributed by atoms with van der Waals surface area (Å²) in [6.45, 7) is 8.41. The summed E-state index contributed by atoms with van der Waals surface area (Å²) in [7, 11) is 0. The van der Waals surface area contributed by atoms with Crippen LogP contribution in [0.5, 0.6) is 0 Å². The number of alkyl halides is 1. The van der Waals surface area contributed by atoms with Crippen molar-refractivity contribution >= 4 is 5.78 Å². The maximum atomic E-state index is 13.2. The molecule has 0 aromatic heterocycles. The highest BCUT2D eigenvalue weighted by Gasteiger charge is 2.38. The van der Waals surface area contributed by atoms with Gasteiger partial charge in [-0.15, -0.1) is 0 Å². The van der Waals surface area contributed by atoms with E-state index in [0.29, 0.717) is 12.0 Å². The minimum Gasteiger partial charge on any atom is -0.291 e. The van der Waals surface area contributed by atoms with Crippen LogP contribution in [-0.2, 0) is 4.79 Å². The first-order chi connectivity index (χ1) is 4.95. The largest absolute Gasteiger partial charge is 0.291 e. The van der Waals surface area contributed by atoms with Gasteiger partial charge in [-0.05, 0) is 25.3 Å². The van der Waals surface area contributed by atoms with Gasteiger partial charge < -0.3 is 0 Å². The van der Waals surface area contributed by atoms with E-state index in [1.807, 2.05) is 0 Å². The van der Waals surface area contributed by atoms with Crippen molar-refractivity contribution < 1.29 is 9.18 Å². The van der Waals surface area contributed by atoms with Gasteiger partial charge >= 0.3 is 0 Å². The molecule has 1 unspecified atom stereocenters. The van der Waals surface area contributed by atoms with Crippen LogP contribution in [0.2, 0.25) is 0 Å². The van der Waals surface area contributed by atoms with Crippen LogP contribution in [0.3, 0.4) is 0 Å². The highest BCUT2D eigenvalue weighted by atomic mass is 19.1. The Hall–Kier alpha value is -0.920. The first-order valence-electron chi connectivity index (χ1n) is 3.56. The molecule has 1 atom stereocenters. The molecular formula is C9H11FO. The molecule has 0 aromatic carbocycles. The second-order valence-corrected chi connectivity index (χ2v) is 3.11. The summed E-state index contributed by atoms with van der Waals surface area (Å²) in [4.78, 5) is 11.1. The van der Waals surface area contributed by atoms with Crippen LogP contribution < -0.4 is 0 Å². The lowest BCUT2D eigenvalue weighted by Gasteiger charge is -2.26. The van der Waals surface area contributed by atoms with E-state index in [2.05, 4.69) is 13.2 Å². The number of Topliss-reactive ketones (excluding diaryl/α,β-unsaturated/α-hetero) is 1. The Bertz CT molecular complexity index is 238. The van der Waals surface area contributed by atoms with Gasteiger partial charge in [0, 0.05) is 5.57 Å². The monoisotopic (exact) mass is 154 g/mol. The lowest BCUT2D eigenvalue weighted by Crippen LogP contribution is -2.35. The predicted molar refractivity (Wildman–Crippen MR) is 42.0 cm³/mol. The third kappa shape index (κ3) is 1.25. The van der Waals surface area contributed by atoms with Gasteiger partial charge in [0.1, 0.15) is 0 Å². The van der Waals surface area contributed by atoms with E-state index < -0.39 is 11.5 Å². The topological polar surface area (TPSA) is 17.1 Å². The summed E-state index contributed by atoms with van der Waals surface area (Å²) in [6.07, 6.45) is 0.779. The number of carbonyl (C=O) groups is 1. The van der Waals surface area contributed by atoms with Crippen molar-refractivity contribution in [1.29, 1.82) is 0 Å². The first kappa shape index (κ1) is 8.18. The molecule has 1 rings (SSSR count). The maximum absolute atomic E-state index is 13.2. The van der Waals surface area contributed by atoms with Crippen LogP contribution in [0, 0.1) is 0 Å². The van der Waals surface area contributed by atoms with E-state index in [9.17, 15) is 9.18 Å². The molecule has 0 spiro atoms. The second-order valence-electron chi connectivity index (χ2n) is 3.11. The van der Waals surface area contributed by atoms with E-state index in [1.165, 1.54) is 6.92 Å². The number of halogens is 1. The SMILES string of the molecule is C=C1CCC(C)(F)C(=O)C1=C. The Labute approximate surface area is 65.6 Å². The Kier molecular flexibility index (Phi) is 1.70. The predicted octanol–water partition coefficient (Wildman–Crippen LogP) is 2.19. The Morgan fingerprint density at radius 2 is 2.09 bits per heavy atom. The molecule has 1 aliphatic carbocycles. The molecule has 0 saturated heterocycles. The van der Waals surface area contributed by atoms with E-state index in [4.69, 9.17) is 0 Å². The van der Waals surface area contributed by atoms with Gasteiger partial charge in [0.05, 0.1) is 0 Å². The minimum absolute atomic E-state index is 0.240. The molecule has 0 radical (unpaired) electrons. The lowest BCUT2D eigenvalue weighted by atomic mass is 9.81. The molecule has 1 nitrogen and oxygen atoms in total. The Balaban J connectivity index is 2.93. The maximum Gasteiger partial charge on any atom is 0.199 e. The lowest BCUT2D eigenvalue weighted by molar-refractivity contribution is -0.126. The molecule has 0 aromatic rings. The number of allylic oxidation sites excluding steroid dienone is 2. The molecule has 2 heteroatoms. The summed E-state index contributed by atoms with van der Waals surface area (Å²) in [5, 5.41) is 0. The van der Waals surface area contributed by atoms with Crippen molar-refractivity contribution in [1.82, 2.24) is 0 Å². The Morgan fingerprint density at radius 1 is 1.55 bits per heavy atom. The summed E-state index contributed by atoms with van der Waals surface area (Å²) in [5.74, 6) is -0.506. The molecule has 11 heavy (non-hydrogen) atoms. The summed E-state index contributed by atoms with van der Waals surface area (Å²) in [5.41, 5.74) is -0.787. The third-order valence-corrected chi connectivity index (χ3v) is 2.07. The fourth-order valence-corrected chi connectivity index (χ4v) is 1.13. The van der Waals surface area contributed by atoms with Gasteiger partial charge in [-0.3, -0.25) is 4.79 Å². The summed E-state index contributed by atoms with van der Waals surface area (Å²) < 4.78 is 13.2. The van der Waals surface area contributed by atoms with Crippen LogP contribution in [0.1, 0.15) is 19.8 Å². The molecule has 0 heterocycles. The van der Waals surface area contributed by atoms with Gasteiger partial charge in [-0.1, -0.05) is 13.2 Å². The average Bonchev–Trinajstić information content (AvgIpc) is 1.95. The third-order valence-electron chi connectivity index (χ3n) is 2.07. The second kappa shape index (κ2) is 2.29. The van der Waals surface area contributed by atoms with E-state index >= 15 is 0 Å². The molecule has 0 amide bonds. The van der Waals surface area contributed by atoms with Crippen LogP contribution in [-0.4, -0.2) is 11.5 Å². The van der Waals surface area contributed by atoms with Crippen LogP contribution in [0.15, 0.2) is 24.3 Å². The number of hydrogen-bond acceptors (Lipinski definition) is 1. The summed E-state index contributed by atoms with van der Waals surface area (Å²) >= 11 is 0. The Morgan fingerprint density at radius 3 is 2.55 bits per heavy atom. The molecular weight excluding hydrogens is 143 g/mol. The standard InChI is InChI=1S/C9H11FO/c1-6-4-5-9(3,10)8(11)7(6)2/h1-2,4-5H2,3H3. The highest BCUT2D eigenvalue weighted by molar-refractivity contribution is 6.05. The number of rotatable bonds is 0. The van der Waals surface area contributed by atoms with Crippen molar-refractivity contribution in [2.45, 2.75) is 25.4 Å². The van der Waals surface area contributed by atoms with Crippen LogP contribution in [0.4, 0.5) is 4.39 Å². The zero-order chi connectivity index (χ0) is 8.65. The van der Waals surface area contributed by atoms with Crippen molar-refractivity contribution in [3.8, 4) is 0 Å². The molecule has 60 valence electrons. The number of hydrogen-bond donors (Lipinski definition) is 0. The zero-order valence-electron chi connectivity index (χ0n) is 6.61. The van der Waals surface area contributed by atoms with Gasteiger partial charge in [0.15, 0.2) is 11.5 Å².